The number of rotatable bonds is 2. The smallest absolute Gasteiger partial charge is 0.138 e. The molecule has 1 unspecified atom stereocenters. The third-order valence-corrected chi connectivity index (χ3v) is 2.40. The Labute approximate surface area is 88.4 Å². The Balaban J connectivity index is 2.36. The molecule has 0 saturated carbocycles. The summed E-state index contributed by atoms with van der Waals surface area (Å²) in [7, 11) is 0. The maximum atomic E-state index is 10.1. The van der Waals surface area contributed by atoms with Crippen LogP contribution in [0.25, 0.3) is 0 Å². The van der Waals surface area contributed by atoms with E-state index < -0.39 is 6.10 Å². The third kappa shape index (κ3) is 1.92. The maximum absolute atomic E-state index is 10.1. The van der Waals surface area contributed by atoms with E-state index in [9.17, 15) is 5.11 Å². The Morgan fingerprint density at radius 3 is 2.67 bits per heavy atom. The summed E-state index contributed by atoms with van der Waals surface area (Å²) < 4.78 is 5.38. The Morgan fingerprint density at radius 1 is 1.27 bits per heavy atom. The molecule has 0 aliphatic heterocycles. The maximum Gasteiger partial charge on any atom is 0.138 e. The highest BCUT2D eigenvalue weighted by atomic mass is 16.4. The molecule has 2 rings (SSSR count). The SMILES string of the molecule is Cc1ccc(C(O)c2cnccc2C)o1. The van der Waals surface area contributed by atoms with Gasteiger partial charge in [-0.15, -0.1) is 0 Å². The molecule has 3 nitrogen and oxygen atoms in total. The van der Waals surface area contributed by atoms with Crippen LogP contribution in [0.5, 0.6) is 0 Å². The van der Waals surface area contributed by atoms with Gasteiger partial charge in [0.25, 0.3) is 0 Å². The lowest BCUT2D eigenvalue weighted by atomic mass is 10.1. The van der Waals surface area contributed by atoms with Crippen molar-refractivity contribution in [3.05, 3.63) is 53.2 Å². The van der Waals surface area contributed by atoms with Crippen LogP contribution in [0.1, 0.15) is 28.8 Å². The predicted octanol–water partition coefficient (Wildman–Crippen LogP) is 2.37. The topological polar surface area (TPSA) is 46.3 Å². The Morgan fingerprint density at radius 2 is 2.07 bits per heavy atom. The summed E-state index contributed by atoms with van der Waals surface area (Å²) in [6, 6.07) is 5.49. The highest BCUT2D eigenvalue weighted by Crippen LogP contribution is 2.25. The summed E-state index contributed by atoms with van der Waals surface area (Å²) in [5, 5.41) is 10.1. The lowest BCUT2D eigenvalue weighted by Crippen LogP contribution is -2.01. The van der Waals surface area contributed by atoms with Crippen LogP contribution in [0.4, 0.5) is 0 Å². The first-order chi connectivity index (χ1) is 7.18. The molecule has 0 amide bonds. The highest BCUT2D eigenvalue weighted by Gasteiger charge is 2.15. The van der Waals surface area contributed by atoms with Gasteiger partial charge < -0.3 is 9.52 Å². The predicted molar refractivity (Wildman–Crippen MR) is 56.5 cm³/mol. The van der Waals surface area contributed by atoms with Crippen LogP contribution in [0.3, 0.4) is 0 Å². The van der Waals surface area contributed by atoms with Gasteiger partial charge in [0.05, 0.1) is 0 Å². The lowest BCUT2D eigenvalue weighted by Gasteiger charge is -2.10. The molecule has 1 atom stereocenters. The molecule has 0 fully saturated rings. The van der Waals surface area contributed by atoms with E-state index in [-0.39, 0.29) is 0 Å². The minimum absolute atomic E-state index is 0.559. The number of aliphatic hydroxyl groups excluding tert-OH is 1. The zero-order valence-electron chi connectivity index (χ0n) is 8.77. The van der Waals surface area contributed by atoms with Crippen LogP contribution >= 0.6 is 0 Å². The van der Waals surface area contributed by atoms with Crippen molar-refractivity contribution in [2.24, 2.45) is 0 Å². The number of nitrogens with zero attached hydrogens (tertiary/aromatic N) is 1. The van der Waals surface area contributed by atoms with Crippen molar-refractivity contribution >= 4 is 0 Å². The molecule has 0 aliphatic carbocycles. The van der Waals surface area contributed by atoms with E-state index in [0.29, 0.717) is 5.76 Å². The van der Waals surface area contributed by atoms with Crippen molar-refractivity contribution in [2.75, 3.05) is 0 Å². The van der Waals surface area contributed by atoms with Gasteiger partial charge in [0.1, 0.15) is 17.6 Å². The fraction of sp³-hybridized carbons (Fsp3) is 0.250. The van der Waals surface area contributed by atoms with Gasteiger partial charge in [-0.1, -0.05) is 0 Å². The molecular weight excluding hydrogens is 190 g/mol. The summed E-state index contributed by atoms with van der Waals surface area (Å²) in [6.07, 6.45) is 2.64. The van der Waals surface area contributed by atoms with E-state index in [0.717, 1.165) is 16.9 Å². The van der Waals surface area contributed by atoms with Gasteiger partial charge in [-0.05, 0) is 37.6 Å². The van der Waals surface area contributed by atoms with E-state index in [1.807, 2.05) is 26.0 Å². The van der Waals surface area contributed by atoms with Crippen LogP contribution in [0, 0.1) is 13.8 Å². The highest BCUT2D eigenvalue weighted by molar-refractivity contribution is 5.29. The van der Waals surface area contributed by atoms with Crippen LogP contribution in [-0.4, -0.2) is 10.1 Å². The lowest BCUT2D eigenvalue weighted by molar-refractivity contribution is 0.186. The average molecular weight is 203 g/mol. The molecule has 0 bridgehead atoms. The molecule has 2 heterocycles. The molecule has 2 aromatic heterocycles. The van der Waals surface area contributed by atoms with Gasteiger partial charge in [0, 0.05) is 18.0 Å². The molecule has 0 aromatic carbocycles. The van der Waals surface area contributed by atoms with Crippen molar-refractivity contribution in [3.8, 4) is 0 Å². The number of furan rings is 1. The van der Waals surface area contributed by atoms with Crippen LogP contribution in [0.15, 0.2) is 35.0 Å². The van der Waals surface area contributed by atoms with Gasteiger partial charge in [-0.3, -0.25) is 4.98 Å². The second-order valence-corrected chi connectivity index (χ2v) is 3.58. The van der Waals surface area contributed by atoms with Gasteiger partial charge in [0.15, 0.2) is 0 Å². The molecule has 78 valence electrons. The number of hydrogen-bond donors (Lipinski definition) is 1. The molecule has 2 aromatic rings. The standard InChI is InChI=1S/C12H13NO2/c1-8-5-6-13-7-10(8)12(14)11-4-3-9(2)15-11/h3-7,12,14H,1-2H3. The second kappa shape index (κ2) is 3.87. The quantitative estimate of drug-likeness (QED) is 0.815. The Kier molecular flexibility index (Phi) is 2.56. The number of aliphatic hydroxyl groups is 1. The van der Waals surface area contributed by atoms with Crippen molar-refractivity contribution in [1.82, 2.24) is 4.98 Å². The number of pyridine rings is 1. The van der Waals surface area contributed by atoms with Crippen molar-refractivity contribution < 1.29 is 9.52 Å². The summed E-state index contributed by atoms with van der Waals surface area (Å²) >= 11 is 0. The molecule has 3 heteroatoms. The molecule has 0 saturated heterocycles. The second-order valence-electron chi connectivity index (χ2n) is 3.58. The molecule has 0 spiro atoms. The minimum atomic E-state index is -0.729. The van der Waals surface area contributed by atoms with Gasteiger partial charge >= 0.3 is 0 Å². The van der Waals surface area contributed by atoms with E-state index in [1.54, 1.807) is 18.5 Å². The van der Waals surface area contributed by atoms with Gasteiger partial charge in [0.2, 0.25) is 0 Å². The van der Waals surface area contributed by atoms with Crippen LogP contribution in [-0.2, 0) is 0 Å². The molecule has 1 N–H and O–H groups in total. The largest absolute Gasteiger partial charge is 0.463 e. The zero-order chi connectivity index (χ0) is 10.8. The fourth-order valence-electron chi connectivity index (χ4n) is 1.52. The van der Waals surface area contributed by atoms with Crippen LogP contribution in [0.2, 0.25) is 0 Å². The first-order valence-electron chi connectivity index (χ1n) is 4.83. The Bertz CT molecular complexity index is 462. The van der Waals surface area contributed by atoms with Gasteiger partial charge in [-0.2, -0.15) is 0 Å². The zero-order valence-corrected chi connectivity index (χ0v) is 8.77. The summed E-state index contributed by atoms with van der Waals surface area (Å²) in [6.45, 7) is 3.79. The van der Waals surface area contributed by atoms with E-state index in [4.69, 9.17) is 4.42 Å². The Hall–Kier alpha value is -1.61. The van der Waals surface area contributed by atoms with E-state index in [1.165, 1.54) is 0 Å². The molecular formula is C12H13NO2. The van der Waals surface area contributed by atoms with Gasteiger partial charge in [-0.25, -0.2) is 0 Å². The fourth-order valence-corrected chi connectivity index (χ4v) is 1.52. The first kappa shape index (κ1) is 9.93. The van der Waals surface area contributed by atoms with E-state index in [2.05, 4.69) is 4.98 Å². The summed E-state index contributed by atoms with van der Waals surface area (Å²) in [4.78, 5) is 4.00. The van der Waals surface area contributed by atoms with Crippen LogP contribution < -0.4 is 0 Å². The summed E-state index contributed by atoms with van der Waals surface area (Å²) in [5.41, 5.74) is 1.79. The molecule has 15 heavy (non-hydrogen) atoms. The number of aryl methyl sites for hydroxylation is 2. The van der Waals surface area contributed by atoms with Crippen molar-refractivity contribution in [1.29, 1.82) is 0 Å². The third-order valence-electron chi connectivity index (χ3n) is 2.40. The normalized spacial score (nSPS) is 12.7. The summed E-state index contributed by atoms with van der Waals surface area (Å²) in [5.74, 6) is 1.36. The molecule has 0 radical (unpaired) electrons. The monoisotopic (exact) mass is 203 g/mol. The molecule has 0 aliphatic rings. The first-order valence-corrected chi connectivity index (χ1v) is 4.83. The van der Waals surface area contributed by atoms with Crippen molar-refractivity contribution in [3.63, 3.8) is 0 Å². The average Bonchev–Trinajstić information content (AvgIpc) is 2.65. The number of hydrogen-bond acceptors (Lipinski definition) is 3. The minimum Gasteiger partial charge on any atom is -0.463 e. The van der Waals surface area contributed by atoms with Crippen molar-refractivity contribution in [2.45, 2.75) is 20.0 Å². The van der Waals surface area contributed by atoms with E-state index >= 15 is 0 Å². The number of aromatic nitrogens is 1.